The Balaban J connectivity index is 1.87. The molecule has 0 spiro atoms. The van der Waals surface area contributed by atoms with Crippen LogP contribution in [0.2, 0.25) is 0 Å². The van der Waals surface area contributed by atoms with Crippen LogP contribution in [0.4, 0.5) is 0 Å². The first-order valence-electron chi connectivity index (χ1n) is 7.37. The van der Waals surface area contributed by atoms with Gasteiger partial charge in [0, 0.05) is 11.6 Å². The predicted octanol–water partition coefficient (Wildman–Crippen LogP) is 3.87. The van der Waals surface area contributed by atoms with Gasteiger partial charge in [0.05, 0.1) is 0 Å². The quantitative estimate of drug-likeness (QED) is 0.908. The lowest BCUT2D eigenvalue weighted by Gasteiger charge is -2.22. The zero-order chi connectivity index (χ0) is 13.8. The summed E-state index contributed by atoms with van der Waals surface area (Å²) in [6.07, 6.45) is 3.86. The van der Waals surface area contributed by atoms with E-state index in [0.29, 0.717) is 6.04 Å². The van der Waals surface area contributed by atoms with Gasteiger partial charge in [0.1, 0.15) is 11.9 Å². The molecule has 104 valence electrons. The Morgan fingerprint density at radius 3 is 2.50 bits per heavy atom. The molecular formula is C18H21NO. The van der Waals surface area contributed by atoms with Crippen LogP contribution in [0.3, 0.4) is 0 Å². The topological polar surface area (TPSA) is 21.3 Å². The van der Waals surface area contributed by atoms with Crippen LogP contribution in [-0.4, -0.2) is 19.2 Å². The lowest BCUT2D eigenvalue weighted by molar-refractivity contribution is 0.180. The van der Waals surface area contributed by atoms with E-state index >= 15 is 0 Å². The number of hydrogen-bond acceptors (Lipinski definition) is 2. The van der Waals surface area contributed by atoms with E-state index in [9.17, 15) is 0 Å². The molecule has 2 aromatic rings. The lowest BCUT2D eigenvalue weighted by atomic mass is 10.0. The third-order valence-electron chi connectivity index (χ3n) is 4.07. The first-order chi connectivity index (χ1) is 9.88. The Bertz CT molecular complexity index is 552. The highest BCUT2D eigenvalue weighted by atomic mass is 16.5. The molecule has 2 atom stereocenters. The van der Waals surface area contributed by atoms with E-state index in [-0.39, 0.29) is 6.10 Å². The van der Waals surface area contributed by atoms with Gasteiger partial charge in [-0.3, -0.25) is 0 Å². The standard InChI is InChI=1S/C18H21NO/c1-19-16-11-7-13-18(16)20-17-12-6-5-10-15(17)14-8-3-2-4-9-14/h2-6,8-10,12,16,18-19H,7,11,13H2,1H3. The largest absolute Gasteiger partial charge is 0.488 e. The number of likely N-dealkylation sites (N-methyl/N-ethyl adjacent to an activating group) is 1. The minimum atomic E-state index is 0.282. The number of para-hydroxylation sites is 1. The van der Waals surface area contributed by atoms with Crippen molar-refractivity contribution >= 4 is 0 Å². The molecule has 0 aliphatic heterocycles. The number of ether oxygens (including phenoxy) is 1. The molecule has 2 unspecified atom stereocenters. The Kier molecular flexibility index (Phi) is 4.03. The molecule has 0 radical (unpaired) electrons. The molecule has 1 saturated carbocycles. The Hall–Kier alpha value is -1.80. The highest BCUT2D eigenvalue weighted by Gasteiger charge is 2.28. The van der Waals surface area contributed by atoms with Crippen LogP contribution in [0, 0.1) is 0 Å². The van der Waals surface area contributed by atoms with Gasteiger partial charge < -0.3 is 10.1 Å². The van der Waals surface area contributed by atoms with Gasteiger partial charge in [-0.2, -0.15) is 0 Å². The van der Waals surface area contributed by atoms with Gasteiger partial charge >= 0.3 is 0 Å². The van der Waals surface area contributed by atoms with Crippen LogP contribution in [0.5, 0.6) is 5.75 Å². The molecule has 2 aromatic carbocycles. The molecule has 0 saturated heterocycles. The third kappa shape index (κ3) is 2.70. The van der Waals surface area contributed by atoms with Crippen molar-refractivity contribution in [2.75, 3.05) is 7.05 Å². The monoisotopic (exact) mass is 267 g/mol. The summed E-state index contributed by atoms with van der Waals surface area (Å²) in [5, 5.41) is 3.37. The van der Waals surface area contributed by atoms with E-state index in [0.717, 1.165) is 12.2 Å². The molecule has 0 heterocycles. The van der Waals surface area contributed by atoms with E-state index in [1.54, 1.807) is 0 Å². The number of benzene rings is 2. The van der Waals surface area contributed by atoms with Crippen molar-refractivity contribution < 1.29 is 4.74 Å². The Morgan fingerprint density at radius 2 is 1.70 bits per heavy atom. The SMILES string of the molecule is CNC1CCCC1Oc1ccccc1-c1ccccc1. The predicted molar refractivity (Wildman–Crippen MR) is 83.0 cm³/mol. The summed E-state index contributed by atoms with van der Waals surface area (Å²) in [6.45, 7) is 0. The van der Waals surface area contributed by atoms with Crippen LogP contribution in [0.25, 0.3) is 11.1 Å². The van der Waals surface area contributed by atoms with Crippen LogP contribution in [-0.2, 0) is 0 Å². The van der Waals surface area contributed by atoms with E-state index in [2.05, 4.69) is 47.8 Å². The van der Waals surface area contributed by atoms with Crippen molar-refractivity contribution in [2.45, 2.75) is 31.4 Å². The molecular weight excluding hydrogens is 246 g/mol. The zero-order valence-electron chi connectivity index (χ0n) is 11.9. The number of hydrogen-bond donors (Lipinski definition) is 1. The smallest absolute Gasteiger partial charge is 0.127 e. The van der Waals surface area contributed by atoms with Crippen molar-refractivity contribution in [2.24, 2.45) is 0 Å². The highest BCUT2D eigenvalue weighted by Crippen LogP contribution is 2.33. The normalized spacial score (nSPS) is 21.9. The number of rotatable bonds is 4. The molecule has 0 bridgehead atoms. The van der Waals surface area contributed by atoms with Crippen molar-refractivity contribution in [1.82, 2.24) is 5.32 Å². The maximum Gasteiger partial charge on any atom is 0.127 e. The minimum absolute atomic E-state index is 0.282. The maximum atomic E-state index is 6.30. The maximum absolute atomic E-state index is 6.30. The van der Waals surface area contributed by atoms with Gasteiger partial charge in [-0.25, -0.2) is 0 Å². The zero-order valence-corrected chi connectivity index (χ0v) is 11.9. The molecule has 1 aliphatic rings. The molecule has 1 N–H and O–H groups in total. The fourth-order valence-corrected chi connectivity index (χ4v) is 2.99. The van der Waals surface area contributed by atoms with Gasteiger partial charge in [-0.1, -0.05) is 48.5 Å². The molecule has 0 amide bonds. The fourth-order valence-electron chi connectivity index (χ4n) is 2.99. The summed E-state index contributed by atoms with van der Waals surface area (Å²) in [4.78, 5) is 0. The van der Waals surface area contributed by atoms with Crippen molar-refractivity contribution in [3.8, 4) is 16.9 Å². The van der Waals surface area contributed by atoms with Crippen LogP contribution >= 0.6 is 0 Å². The number of nitrogens with one attached hydrogen (secondary N) is 1. The highest BCUT2D eigenvalue weighted by molar-refractivity contribution is 5.70. The van der Waals surface area contributed by atoms with E-state index in [1.807, 2.05) is 19.2 Å². The summed E-state index contributed by atoms with van der Waals surface area (Å²) in [7, 11) is 2.02. The second-order valence-electron chi connectivity index (χ2n) is 5.34. The van der Waals surface area contributed by atoms with Crippen LogP contribution < -0.4 is 10.1 Å². The average molecular weight is 267 g/mol. The van der Waals surface area contributed by atoms with Gasteiger partial charge in [-0.05, 0) is 37.9 Å². The Morgan fingerprint density at radius 1 is 0.950 bits per heavy atom. The third-order valence-corrected chi connectivity index (χ3v) is 4.07. The van der Waals surface area contributed by atoms with E-state index in [4.69, 9.17) is 4.74 Å². The summed E-state index contributed by atoms with van der Waals surface area (Å²) >= 11 is 0. The average Bonchev–Trinajstić information content (AvgIpc) is 2.96. The molecule has 3 rings (SSSR count). The molecule has 1 aliphatic carbocycles. The second-order valence-corrected chi connectivity index (χ2v) is 5.34. The molecule has 2 nitrogen and oxygen atoms in total. The lowest BCUT2D eigenvalue weighted by Crippen LogP contribution is -2.36. The first kappa shape index (κ1) is 13.2. The van der Waals surface area contributed by atoms with Gasteiger partial charge in [0.2, 0.25) is 0 Å². The van der Waals surface area contributed by atoms with Gasteiger partial charge in [0.25, 0.3) is 0 Å². The van der Waals surface area contributed by atoms with Crippen molar-refractivity contribution in [3.63, 3.8) is 0 Å². The molecule has 20 heavy (non-hydrogen) atoms. The van der Waals surface area contributed by atoms with E-state index in [1.165, 1.54) is 24.0 Å². The van der Waals surface area contributed by atoms with Gasteiger partial charge in [-0.15, -0.1) is 0 Å². The summed E-state index contributed by atoms with van der Waals surface area (Å²) in [5.74, 6) is 0.992. The minimum Gasteiger partial charge on any atom is -0.488 e. The molecule has 2 heteroatoms. The van der Waals surface area contributed by atoms with Crippen LogP contribution in [0.15, 0.2) is 54.6 Å². The fraction of sp³-hybridized carbons (Fsp3) is 0.333. The molecule has 1 fully saturated rings. The van der Waals surface area contributed by atoms with E-state index < -0.39 is 0 Å². The summed E-state index contributed by atoms with van der Waals surface area (Å²) in [6, 6.07) is 19.2. The summed E-state index contributed by atoms with van der Waals surface area (Å²) in [5.41, 5.74) is 2.39. The van der Waals surface area contributed by atoms with Gasteiger partial charge in [0.15, 0.2) is 0 Å². The van der Waals surface area contributed by atoms with Crippen molar-refractivity contribution in [3.05, 3.63) is 54.6 Å². The Labute approximate surface area is 120 Å². The summed E-state index contributed by atoms with van der Waals surface area (Å²) < 4.78 is 6.30. The van der Waals surface area contributed by atoms with Crippen molar-refractivity contribution in [1.29, 1.82) is 0 Å². The molecule has 0 aromatic heterocycles. The second kappa shape index (κ2) is 6.10. The first-order valence-corrected chi connectivity index (χ1v) is 7.37. The van der Waals surface area contributed by atoms with Crippen LogP contribution in [0.1, 0.15) is 19.3 Å².